The van der Waals surface area contributed by atoms with Gasteiger partial charge in [0.1, 0.15) is 11.9 Å². The zero-order chi connectivity index (χ0) is 26.6. The van der Waals surface area contributed by atoms with Gasteiger partial charge >= 0.3 is 0 Å². The Kier molecular flexibility index (Phi) is 6.78. The molecule has 0 radical (unpaired) electrons. The lowest BCUT2D eigenvalue weighted by molar-refractivity contribution is -0.117. The maximum absolute atomic E-state index is 14.1. The van der Waals surface area contributed by atoms with Gasteiger partial charge in [-0.3, -0.25) is 9.59 Å². The van der Waals surface area contributed by atoms with Crippen molar-refractivity contribution in [3.8, 4) is 17.3 Å². The summed E-state index contributed by atoms with van der Waals surface area (Å²) in [6.45, 7) is 0.420. The van der Waals surface area contributed by atoms with Crippen LogP contribution in [0.1, 0.15) is 27.0 Å². The number of hydrogen-bond acceptors (Lipinski definition) is 6. The van der Waals surface area contributed by atoms with Gasteiger partial charge in [-0.15, -0.1) is 0 Å². The van der Waals surface area contributed by atoms with Crippen molar-refractivity contribution in [3.63, 3.8) is 0 Å². The van der Waals surface area contributed by atoms with Crippen LogP contribution in [0.25, 0.3) is 11.3 Å². The van der Waals surface area contributed by atoms with Gasteiger partial charge in [0, 0.05) is 36.6 Å². The second-order valence-electron chi connectivity index (χ2n) is 8.75. The van der Waals surface area contributed by atoms with Gasteiger partial charge in [-0.2, -0.15) is 5.26 Å². The highest BCUT2D eigenvalue weighted by molar-refractivity contribution is 5.99. The number of nitrogens with one attached hydrogen (secondary N) is 2. The quantitative estimate of drug-likeness (QED) is 0.401. The topological polar surface area (TPSA) is 111 Å². The first-order chi connectivity index (χ1) is 18.5. The van der Waals surface area contributed by atoms with E-state index in [1.54, 1.807) is 72.7 Å². The minimum atomic E-state index is -0.424. The molecule has 5 rings (SSSR count). The van der Waals surface area contributed by atoms with E-state index in [1.165, 1.54) is 6.07 Å². The Morgan fingerprint density at radius 2 is 1.89 bits per heavy atom. The van der Waals surface area contributed by atoms with Crippen LogP contribution in [0.15, 0.2) is 72.9 Å². The summed E-state index contributed by atoms with van der Waals surface area (Å²) in [6.07, 6.45) is 2.12. The Morgan fingerprint density at radius 3 is 2.63 bits per heavy atom. The predicted octanol–water partition coefficient (Wildman–Crippen LogP) is 4.39. The molecule has 0 spiro atoms. The fraction of sp³-hybridized carbons (Fsp3) is 0.138. The average molecular weight is 507 g/mol. The van der Waals surface area contributed by atoms with Crippen LogP contribution >= 0.6 is 0 Å². The third-order valence-electron chi connectivity index (χ3n) is 6.37. The minimum Gasteiger partial charge on any atom is -0.355 e. The van der Waals surface area contributed by atoms with Crippen LogP contribution in [0.3, 0.4) is 0 Å². The fourth-order valence-corrected chi connectivity index (χ4v) is 4.49. The van der Waals surface area contributed by atoms with Gasteiger partial charge in [0.25, 0.3) is 5.91 Å². The number of halogens is 1. The molecule has 38 heavy (non-hydrogen) atoms. The van der Waals surface area contributed by atoms with E-state index >= 15 is 0 Å². The molecule has 1 aliphatic heterocycles. The van der Waals surface area contributed by atoms with E-state index in [2.05, 4.69) is 26.7 Å². The van der Waals surface area contributed by atoms with E-state index in [9.17, 15) is 19.2 Å². The summed E-state index contributed by atoms with van der Waals surface area (Å²) in [4.78, 5) is 35.2. The van der Waals surface area contributed by atoms with Crippen molar-refractivity contribution in [2.75, 3.05) is 23.8 Å². The summed E-state index contributed by atoms with van der Waals surface area (Å²) in [5.74, 6) is -0.496. The maximum atomic E-state index is 14.1. The number of benzene rings is 3. The number of carbonyl (C=O) groups is 2. The van der Waals surface area contributed by atoms with Gasteiger partial charge < -0.3 is 15.5 Å². The number of aromatic nitrogens is 2. The van der Waals surface area contributed by atoms with Crippen LogP contribution in [0.4, 0.5) is 21.7 Å². The summed E-state index contributed by atoms with van der Waals surface area (Å²) in [7, 11) is 1.58. The van der Waals surface area contributed by atoms with Crippen LogP contribution in [0, 0.1) is 17.1 Å². The summed E-state index contributed by atoms with van der Waals surface area (Å²) in [6, 6.07) is 20.7. The fourth-order valence-electron chi connectivity index (χ4n) is 4.49. The summed E-state index contributed by atoms with van der Waals surface area (Å²) < 4.78 is 14.1. The van der Waals surface area contributed by atoms with E-state index < -0.39 is 5.82 Å². The number of hydrogen-bond donors (Lipinski definition) is 2. The first-order valence-electron chi connectivity index (χ1n) is 12.0. The number of nitrogens with zero attached hydrogens (tertiary/aromatic N) is 4. The molecule has 8 nitrogen and oxygen atoms in total. The van der Waals surface area contributed by atoms with Crippen LogP contribution in [0.2, 0.25) is 0 Å². The monoisotopic (exact) mass is 506 g/mol. The zero-order valence-corrected chi connectivity index (χ0v) is 20.5. The third kappa shape index (κ3) is 4.92. The molecule has 1 aliphatic rings. The summed E-state index contributed by atoms with van der Waals surface area (Å²) in [5, 5.41) is 15.6. The zero-order valence-electron chi connectivity index (χ0n) is 20.5. The molecule has 2 heterocycles. The van der Waals surface area contributed by atoms with Crippen LogP contribution in [-0.2, 0) is 17.6 Å². The van der Waals surface area contributed by atoms with Gasteiger partial charge in [0.05, 0.1) is 23.4 Å². The lowest BCUT2D eigenvalue weighted by Crippen LogP contribution is -2.31. The smallest absolute Gasteiger partial charge is 0.251 e. The Hall–Kier alpha value is -5.10. The SMILES string of the molecule is CNC(=O)c1ccc(Nc2nccc(-c3cc(C#N)c4c(c3)CCN4C(=O)Cc3ccccc3F)n2)cc1. The van der Waals surface area contributed by atoms with E-state index in [1.807, 2.05) is 6.07 Å². The second-order valence-corrected chi connectivity index (χ2v) is 8.75. The van der Waals surface area contributed by atoms with E-state index in [0.717, 1.165) is 11.1 Å². The van der Waals surface area contributed by atoms with Gasteiger partial charge in [-0.1, -0.05) is 18.2 Å². The minimum absolute atomic E-state index is 0.0796. The molecule has 0 atom stereocenters. The average Bonchev–Trinajstić information content (AvgIpc) is 3.38. The first-order valence-corrected chi connectivity index (χ1v) is 12.0. The molecule has 9 heteroatoms. The lowest BCUT2D eigenvalue weighted by atomic mass is 10.0. The first kappa shape index (κ1) is 24.6. The summed E-state index contributed by atoms with van der Waals surface area (Å²) in [5.41, 5.74) is 4.70. The standard InChI is InChI=1S/C29H23FN6O2/c1-32-28(38)18-6-8-23(9-7-18)34-29-33-12-10-25(35-29)21-14-20-11-13-36(27(20)22(15-21)17-31)26(37)16-19-4-2-3-5-24(19)30/h2-10,12,14-15H,11,13,16H2,1H3,(H,32,38)(H,33,34,35). The van der Waals surface area contributed by atoms with E-state index in [4.69, 9.17) is 0 Å². The Balaban J connectivity index is 1.39. The van der Waals surface area contributed by atoms with E-state index in [-0.39, 0.29) is 18.2 Å². The molecule has 2 amide bonds. The Morgan fingerprint density at radius 1 is 1.11 bits per heavy atom. The molecule has 0 saturated heterocycles. The Bertz CT molecular complexity index is 1580. The molecule has 0 aliphatic carbocycles. The number of fused-ring (bicyclic) bond motifs is 1. The summed E-state index contributed by atoms with van der Waals surface area (Å²) >= 11 is 0. The maximum Gasteiger partial charge on any atom is 0.251 e. The number of amides is 2. The highest BCUT2D eigenvalue weighted by Crippen LogP contribution is 2.36. The highest BCUT2D eigenvalue weighted by Gasteiger charge is 2.29. The molecule has 0 saturated carbocycles. The van der Waals surface area contributed by atoms with Crippen molar-refractivity contribution in [2.24, 2.45) is 0 Å². The molecule has 0 fully saturated rings. The molecular formula is C29H23FN6O2. The number of rotatable bonds is 6. The van der Waals surface area contributed by atoms with Crippen LogP contribution in [0.5, 0.6) is 0 Å². The predicted molar refractivity (Wildman–Crippen MR) is 141 cm³/mol. The third-order valence-corrected chi connectivity index (χ3v) is 6.37. The lowest BCUT2D eigenvalue weighted by Gasteiger charge is -2.19. The van der Waals surface area contributed by atoms with Gasteiger partial charge in [0.15, 0.2) is 0 Å². The van der Waals surface area contributed by atoms with Crippen LogP contribution in [-0.4, -0.2) is 35.4 Å². The molecular weight excluding hydrogens is 483 g/mol. The van der Waals surface area contributed by atoms with Crippen molar-refractivity contribution >= 4 is 29.1 Å². The Labute approximate surface area is 218 Å². The van der Waals surface area contributed by atoms with Crippen LogP contribution < -0.4 is 15.5 Å². The number of carbonyl (C=O) groups excluding carboxylic acids is 2. The van der Waals surface area contributed by atoms with E-state index in [0.29, 0.717) is 52.7 Å². The molecule has 2 N–H and O–H groups in total. The molecule has 4 aromatic rings. The van der Waals surface area contributed by atoms with Gasteiger partial charge in [-0.25, -0.2) is 14.4 Å². The molecule has 0 bridgehead atoms. The largest absolute Gasteiger partial charge is 0.355 e. The van der Waals surface area contributed by atoms with Crippen molar-refractivity contribution in [3.05, 3.63) is 101 Å². The van der Waals surface area contributed by atoms with Crippen molar-refractivity contribution in [2.45, 2.75) is 12.8 Å². The molecule has 188 valence electrons. The number of anilines is 3. The molecule has 0 unspecified atom stereocenters. The molecule has 1 aromatic heterocycles. The van der Waals surface area contributed by atoms with Crippen molar-refractivity contribution < 1.29 is 14.0 Å². The van der Waals surface area contributed by atoms with Crippen molar-refractivity contribution in [1.82, 2.24) is 15.3 Å². The number of nitriles is 1. The van der Waals surface area contributed by atoms with Crippen molar-refractivity contribution in [1.29, 1.82) is 5.26 Å². The normalized spacial score (nSPS) is 12.0. The highest BCUT2D eigenvalue weighted by atomic mass is 19.1. The molecule has 3 aromatic carbocycles. The van der Waals surface area contributed by atoms with Gasteiger partial charge in [-0.05, 0) is 66.1 Å². The second kappa shape index (κ2) is 10.5. The van der Waals surface area contributed by atoms with Gasteiger partial charge in [0.2, 0.25) is 11.9 Å².